The van der Waals surface area contributed by atoms with Gasteiger partial charge in [0.15, 0.2) is 17.6 Å². The first-order valence-electron chi connectivity index (χ1n) is 8.29. The number of rotatable bonds is 7. The second-order valence-corrected chi connectivity index (χ2v) is 6.50. The van der Waals surface area contributed by atoms with Crippen molar-refractivity contribution >= 4 is 23.5 Å². The minimum absolute atomic E-state index is 0.268. The summed E-state index contributed by atoms with van der Waals surface area (Å²) in [7, 11) is 4.68. The van der Waals surface area contributed by atoms with Crippen LogP contribution in [-0.2, 0) is 16.1 Å². The number of benzene rings is 2. The molecule has 0 bridgehead atoms. The number of hydrogen-bond acceptors (Lipinski definition) is 5. The maximum atomic E-state index is 12.3. The van der Waals surface area contributed by atoms with Crippen LogP contribution in [0, 0.1) is 0 Å². The number of carbonyl (C=O) groups is 2. The summed E-state index contributed by atoms with van der Waals surface area (Å²) >= 11 is 5.87. The molecule has 6 nitrogen and oxygen atoms in total. The van der Waals surface area contributed by atoms with E-state index in [0.29, 0.717) is 23.1 Å². The van der Waals surface area contributed by atoms with E-state index < -0.39 is 12.1 Å². The lowest BCUT2D eigenvalue weighted by atomic mass is 10.2. The van der Waals surface area contributed by atoms with E-state index in [1.807, 2.05) is 12.1 Å². The Bertz CT molecular complexity index is 805. The zero-order chi connectivity index (χ0) is 20.0. The highest BCUT2D eigenvalue weighted by Gasteiger charge is 2.21. The number of hydrogen-bond donors (Lipinski definition) is 0. The molecule has 0 fully saturated rings. The third-order valence-electron chi connectivity index (χ3n) is 3.78. The SMILES string of the molecule is COc1cc(C(=O)OC(C)C(=O)N(C)C)ccc1OCc1ccc(Cl)cc1. The molecular formula is C20H22ClNO5. The highest BCUT2D eigenvalue weighted by Crippen LogP contribution is 2.29. The Kier molecular flexibility index (Phi) is 7.07. The molecule has 7 heteroatoms. The number of ether oxygens (including phenoxy) is 3. The molecule has 2 aromatic rings. The highest BCUT2D eigenvalue weighted by molar-refractivity contribution is 6.30. The van der Waals surface area contributed by atoms with Gasteiger partial charge in [-0.3, -0.25) is 4.79 Å². The molecule has 0 heterocycles. The van der Waals surface area contributed by atoms with Gasteiger partial charge in [0.25, 0.3) is 5.91 Å². The van der Waals surface area contributed by atoms with Crippen LogP contribution in [0.1, 0.15) is 22.8 Å². The summed E-state index contributed by atoms with van der Waals surface area (Å²) in [5.41, 5.74) is 1.21. The predicted octanol–water partition coefficient (Wildman–Crippen LogP) is 3.56. The molecule has 0 spiro atoms. The number of halogens is 1. The van der Waals surface area contributed by atoms with Gasteiger partial charge in [0.05, 0.1) is 12.7 Å². The van der Waals surface area contributed by atoms with Crippen LogP contribution in [0.4, 0.5) is 0 Å². The van der Waals surface area contributed by atoms with Crippen LogP contribution < -0.4 is 9.47 Å². The van der Waals surface area contributed by atoms with Gasteiger partial charge in [0.1, 0.15) is 6.61 Å². The van der Waals surface area contributed by atoms with Crippen molar-refractivity contribution in [2.75, 3.05) is 21.2 Å². The van der Waals surface area contributed by atoms with Crippen molar-refractivity contribution in [3.63, 3.8) is 0 Å². The summed E-state index contributed by atoms with van der Waals surface area (Å²) < 4.78 is 16.3. The van der Waals surface area contributed by atoms with Crippen LogP contribution in [-0.4, -0.2) is 44.1 Å². The van der Waals surface area contributed by atoms with E-state index in [1.165, 1.54) is 25.0 Å². The minimum atomic E-state index is -0.876. The van der Waals surface area contributed by atoms with Gasteiger partial charge in [-0.1, -0.05) is 23.7 Å². The van der Waals surface area contributed by atoms with E-state index in [2.05, 4.69) is 0 Å². The second-order valence-electron chi connectivity index (χ2n) is 6.06. The van der Waals surface area contributed by atoms with Crippen LogP contribution >= 0.6 is 11.6 Å². The normalized spacial score (nSPS) is 11.4. The van der Waals surface area contributed by atoms with Crippen LogP contribution in [0.3, 0.4) is 0 Å². The van der Waals surface area contributed by atoms with E-state index >= 15 is 0 Å². The topological polar surface area (TPSA) is 65.1 Å². The third kappa shape index (κ3) is 5.62. The zero-order valence-corrected chi connectivity index (χ0v) is 16.4. The molecule has 0 saturated heterocycles. The van der Waals surface area contributed by atoms with Gasteiger partial charge in [-0.2, -0.15) is 0 Å². The number of esters is 1. The molecule has 0 aliphatic rings. The average Bonchev–Trinajstić information content (AvgIpc) is 2.66. The van der Waals surface area contributed by atoms with Crippen LogP contribution in [0.2, 0.25) is 5.02 Å². The van der Waals surface area contributed by atoms with Crippen molar-refractivity contribution in [2.24, 2.45) is 0 Å². The number of methoxy groups -OCH3 is 1. The fraction of sp³-hybridized carbons (Fsp3) is 0.300. The lowest BCUT2D eigenvalue weighted by Crippen LogP contribution is -2.34. The Morgan fingerprint density at radius 1 is 1.07 bits per heavy atom. The van der Waals surface area contributed by atoms with Gasteiger partial charge in [-0.25, -0.2) is 4.79 Å². The van der Waals surface area contributed by atoms with E-state index in [0.717, 1.165) is 5.56 Å². The first kappa shape index (κ1) is 20.6. The van der Waals surface area contributed by atoms with E-state index in [1.54, 1.807) is 38.4 Å². The van der Waals surface area contributed by atoms with Gasteiger partial charge in [-0.05, 0) is 42.8 Å². The van der Waals surface area contributed by atoms with Gasteiger partial charge >= 0.3 is 5.97 Å². The smallest absolute Gasteiger partial charge is 0.339 e. The van der Waals surface area contributed by atoms with Crippen molar-refractivity contribution < 1.29 is 23.8 Å². The third-order valence-corrected chi connectivity index (χ3v) is 4.03. The highest BCUT2D eigenvalue weighted by atomic mass is 35.5. The van der Waals surface area contributed by atoms with E-state index in [4.69, 9.17) is 25.8 Å². The molecular weight excluding hydrogens is 370 g/mol. The Balaban J connectivity index is 2.07. The largest absolute Gasteiger partial charge is 0.493 e. The standard InChI is InChI=1S/C20H22ClNO5/c1-13(19(23)22(2)3)27-20(24)15-7-10-17(18(11-15)25-4)26-12-14-5-8-16(21)9-6-14/h5-11,13H,12H2,1-4H3. The predicted molar refractivity (Wildman–Crippen MR) is 102 cm³/mol. The monoisotopic (exact) mass is 391 g/mol. The Morgan fingerprint density at radius 2 is 1.74 bits per heavy atom. The summed E-state index contributed by atoms with van der Waals surface area (Å²) in [6, 6.07) is 12.0. The minimum Gasteiger partial charge on any atom is -0.493 e. The maximum Gasteiger partial charge on any atom is 0.339 e. The summed E-state index contributed by atoms with van der Waals surface area (Å²) in [6.45, 7) is 1.85. The molecule has 0 aliphatic carbocycles. The van der Waals surface area contributed by atoms with E-state index in [9.17, 15) is 9.59 Å². The number of carbonyl (C=O) groups excluding carboxylic acids is 2. The summed E-state index contributed by atoms with van der Waals surface area (Å²) in [6.07, 6.45) is -0.876. The second kappa shape index (κ2) is 9.28. The number of likely N-dealkylation sites (N-methyl/N-ethyl adjacent to an activating group) is 1. The fourth-order valence-electron chi connectivity index (χ4n) is 2.30. The van der Waals surface area contributed by atoms with Gasteiger partial charge in [0, 0.05) is 19.1 Å². The fourth-order valence-corrected chi connectivity index (χ4v) is 2.42. The summed E-state index contributed by atoms with van der Waals surface area (Å²) in [5, 5.41) is 0.654. The molecule has 2 aromatic carbocycles. The quantitative estimate of drug-likeness (QED) is 0.675. The van der Waals surface area contributed by atoms with Crippen molar-refractivity contribution in [1.82, 2.24) is 4.90 Å². The van der Waals surface area contributed by atoms with Gasteiger partial charge in [0.2, 0.25) is 0 Å². The molecule has 2 rings (SSSR count). The van der Waals surface area contributed by atoms with Gasteiger partial charge < -0.3 is 19.1 Å². The molecule has 1 atom stereocenters. The molecule has 0 saturated carbocycles. The van der Waals surface area contributed by atoms with Crippen molar-refractivity contribution in [3.8, 4) is 11.5 Å². The molecule has 144 valence electrons. The summed E-state index contributed by atoms with van der Waals surface area (Å²) in [5.74, 6) is -0.0232. The molecule has 0 aromatic heterocycles. The first-order chi connectivity index (χ1) is 12.8. The lowest BCUT2D eigenvalue weighted by Gasteiger charge is -2.17. The molecule has 1 amide bonds. The maximum absolute atomic E-state index is 12.3. The number of amides is 1. The van der Waals surface area contributed by atoms with Gasteiger partial charge in [-0.15, -0.1) is 0 Å². The Morgan fingerprint density at radius 3 is 2.33 bits per heavy atom. The first-order valence-corrected chi connectivity index (χ1v) is 8.67. The molecule has 0 radical (unpaired) electrons. The van der Waals surface area contributed by atoms with Crippen molar-refractivity contribution in [3.05, 3.63) is 58.6 Å². The van der Waals surface area contributed by atoms with Crippen LogP contribution in [0.5, 0.6) is 11.5 Å². The lowest BCUT2D eigenvalue weighted by molar-refractivity contribution is -0.137. The van der Waals surface area contributed by atoms with Crippen molar-refractivity contribution in [2.45, 2.75) is 19.6 Å². The van der Waals surface area contributed by atoms with Crippen LogP contribution in [0.15, 0.2) is 42.5 Å². The molecule has 27 heavy (non-hydrogen) atoms. The zero-order valence-electron chi connectivity index (χ0n) is 15.7. The Hall–Kier alpha value is -2.73. The molecule has 0 N–H and O–H groups in total. The average molecular weight is 392 g/mol. The molecule has 1 unspecified atom stereocenters. The summed E-state index contributed by atoms with van der Waals surface area (Å²) in [4.78, 5) is 25.5. The van der Waals surface area contributed by atoms with Crippen LogP contribution in [0.25, 0.3) is 0 Å². The Labute approximate surface area is 163 Å². The number of nitrogens with zero attached hydrogens (tertiary/aromatic N) is 1. The molecule has 0 aliphatic heterocycles. The van der Waals surface area contributed by atoms with Crippen molar-refractivity contribution in [1.29, 1.82) is 0 Å². The van der Waals surface area contributed by atoms with E-state index in [-0.39, 0.29) is 11.5 Å².